The van der Waals surface area contributed by atoms with Crippen molar-refractivity contribution in [3.63, 3.8) is 0 Å². The normalized spacial score (nSPS) is 19.8. The summed E-state index contributed by atoms with van der Waals surface area (Å²) < 4.78 is 11.6. The molecule has 1 aliphatic rings. The van der Waals surface area contributed by atoms with Crippen LogP contribution in [0.15, 0.2) is 54.2 Å². The molecule has 2 atom stereocenters. The van der Waals surface area contributed by atoms with Crippen LogP contribution in [-0.2, 0) is 6.54 Å². The Morgan fingerprint density at radius 1 is 1.15 bits per heavy atom. The summed E-state index contributed by atoms with van der Waals surface area (Å²) in [5.41, 5.74) is 0.991. The SMILES string of the molecule is C=CCn1c(=O)c2cnc(Nc3cnn(C(C)C)c3)nc2n1-c1cccc(OC2CC(CC)N(C)C(CC)C2)n1. The van der Waals surface area contributed by atoms with Crippen molar-refractivity contribution in [1.82, 2.24) is 39.0 Å². The Labute approximate surface area is 234 Å². The van der Waals surface area contributed by atoms with Crippen LogP contribution < -0.4 is 15.6 Å². The monoisotopic (exact) mass is 545 g/mol. The second-order valence-corrected chi connectivity index (χ2v) is 10.7. The lowest BCUT2D eigenvalue weighted by atomic mass is 9.91. The molecule has 212 valence electrons. The molecule has 4 aromatic heterocycles. The van der Waals surface area contributed by atoms with Crippen molar-refractivity contribution in [1.29, 1.82) is 0 Å². The second kappa shape index (κ2) is 11.6. The molecule has 0 radical (unpaired) electrons. The highest BCUT2D eigenvalue weighted by Gasteiger charge is 2.32. The number of anilines is 2. The summed E-state index contributed by atoms with van der Waals surface area (Å²) in [4.78, 5) is 29.8. The third-order valence-electron chi connectivity index (χ3n) is 7.74. The Bertz CT molecular complexity index is 1520. The first kappa shape index (κ1) is 27.6. The molecule has 1 N–H and O–H groups in total. The van der Waals surface area contributed by atoms with Crippen molar-refractivity contribution in [2.24, 2.45) is 0 Å². The number of nitrogens with zero attached hydrogens (tertiary/aromatic N) is 8. The number of rotatable bonds is 10. The van der Waals surface area contributed by atoms with Crippen molar-refractivity contribution >= 4 is 22.7 Å². The summed E-state index contributed by atoms with van der Waals surface area (Å²) in [6.45, 7) is 12.7. The van der Waals surface area contributed by atoms with Gasteiger partial charge in [0.05, 0.1) is 18.4 Å². The molecular weight excluding hydrogens is 506 g/mol. The molecule has 1 aliphatic heterocycles. The molecule has 0 amide bonds. The molecule has 2 unspecified atom stereocenters. The molecule has 11 nitrogen and oxygen atoms in total. The van der Waals surface area contributed by atoms with Gasteiger partial charge in [0.2, 0.25) is 11.8 Å². The van der Waals surface area contributed by atoms with Crippen LogP contribution in [0.1, 0.15) is 59.4 Å². The van der Waals surface area contributed by atoms with Crippen LogP contribution in [0.2, 0.25) is 0 Å². The van der Waals surface area contributed by atoms with Gasteiger partial charge in [0.1, 0.15) is 11.5 Å². The average Bonchev–Trinajstić information content (AvgIpc) is 3.52. The van der Waals surface area contributed by atoms with Gasteiger partial charge in [0.15, 0.2) is 11.5 Å². The highest BCUT2D eigenvalue weighted by molar-refractivity contribution is 5.77. The molecule has 5 heterocycles. The van der Waals surface area contributed by atoms with Crippen molar-refractivity contribution < 1.29 is 4.74 Å². The van der Waals surface area contributed by atoms with E-state index < -0.39 is 0 Å². The number of piperidine rings is 1. The van der Waals surface area contributed by atoms with E-state index in [1.54, 1.807) is 27.8 Å². The van der Waals surface area contributed by atoms with Crippen LogP contribution >= 0.6 is 0 Å². The summed E-state index contributed by atoms with van der Waals surface area (Å²) in [6, 6.07) is 6.82. The number of pyridine rings is 1. The molecule has 0 bridgehead atoms. The van der Waals surface area contributed by atoms with Gasteiger partial charge in [-0.15, -0.1) is 6.58 Å². The van der Waals surface area contributed by atoms with Crippen LogP contribution in [0.5, 0.6) is 5.88 Å². The minimum absolute atomic E-state index is 0.0792. The highest BCUT2D eigenvalue weighted by atomic mass is 16.5. The molecule has 11 heteroatoms. The molecule has 40 heavy (non-hydrogen) atoms. The van der Waals surface area contributed by atoms with E-state index in [4.69, 9.17) is 14.7 Å². The number of hydrogen-bond acceptors (Lipinski definition) is 8. The van der Waals surface area contributed by atoms with Crippen LogP contribution in [-0.4, -0.2) is 64.2 Å². The lowest BCUT2D eigenvalue weighted by Gasteiger charge is -2.42. The Morgan fingerprint density at radius 3 is 2.55 bits per heavy atom. The molecular formula is C29H39N9O2. The molecule has 5 rings (SSSR count). The Kier molecular flexibility index (Phi) is 8.02. The van der Waals surface area contributed by atoms with Gasteiger partial charge in [0.25, 0.3) is 5.56 Å². The van der Waals surface area contributed by atoms with Crippen LogP contribution in [0.25, 0.3) is 16.9 Å². The minimum atomic E-state index is -0.214. The maximum Gasteiger partial charge on any atom is 0.278 e. The molecule has 0 saturated carbocycles. The van der Waals surface area contributed by atoms with Gasteiger partial charge in [-0.1, -0.05) is 26.0 Å². The zero-order valence-electron chi connectivity index (χ0n) is 24.0. The van der Waals surface area contributed by atoms with Crippen LogP contribution in [0.4, 0.5) is 11.6 Å². The summed E-state index contributed by atoms with van der Waals surface area (Å²) in [5, 5.41) is 7.96. The van der Waals surface area contributed by atoms with Crippen molar-refractivity contribution in [2.45, 2.75) is 84.2 Å². The van der Waals surface area contributed by atoms with Crippen LogP contribution in [0.3, 0.4) is 0 Å². The number of ether oxygens (including phenoxy) is 1. The third-order valence-corrected chi connectivity index (χ3v) is 7.74. The standard InChI is InChI=1S/C29H39N9O2/c1-7-13-37-28(39)24-17-30-29(32-20-16-31-36(18-20)19(4)5)34-27(24)38(37)25-11-10-12-26(33-25)40-23-14-21(8-2)35(6)22(9-3)15-23/h7,10-12,16-19,21-23H,1,8-9,13-15H2,2-6H3,(H,30,32,34). The summed E-state index contributed by atoms with van der Waals surface area (Å²) >= 11 is 0. The maximum atomic E-state index is 13.3. The van der Waals surface area contributed by atoms with E-state index >= 15 is 0 Å². The first-order valence-electron chi connectivity index (χ1n) is 14.1. The Morgan fingerprint density at radius 2 is 1.90 bits per heavy atom. The fourth-order valence-corrected chi connectivity index (χ4v) is 5.52. The molecule has 0 aliphatic carbocycles. The van der Waals surface area contributed by atoms with Crippen LogP contribution in [0, 0.1) is 0 Å². The number of aromatic nitrogens is 7. The van der Waals surface area contributed by atoms with Gasteiger partial charge in [-0.3, -0.25) is 9.48 Å². The number of fused-ring (bicyclic) bond motifs is 1. The fourth-order valence-electron chi connectivity index (χ4n) is 5.52. The quantitative estimate of drug-likeness (QED) is 0.285. The molecule has 4 aromatic rings. The first-order valence-corrected chi connectivity index (χ1v) is 14.1. The van der Waals surface area contributed by atoms with Gasteiger partial charge in [0, 0.05) is 36.6 Å². The first-order chi connectivity index (χ1) is 19.3. The van der Waals surface area contributed by atoms with Crippen molar-refractivity contribution in [3.05, 3.63) is 59.8 Å². The minimum Gasteiger partial charge on any atom is -0.474 e. The third kappa shape index (κ3) is 5.38. The van der Waals surface area contributed by atoms with E-state index in [2.05, 4.69) is 61.6 Å². The zero-order valence-corrected chi connectivity index (χ0v) is 24.0. The van der Waals surface area contributed by atoms with E-state index in [-0.39, 0.29) is 24.2 Å². The van der Waals surface area contributed by atoms with E-state index in [0.717, 1.165) is 31.4 Å². The predicted octanol–water partition coefficient (Wildman–Crippen LogP) is 4.71. The molecule has 1 fully saturated rings. The smallest absolute Gasteiger partial charge is 0.278 e. The largest absolute Gasteiger partial charge is 0.474 e. The lowest BCUT2D eigenvalue weighted by Crippen LogP contribution is -2.49. The summed E-state index contributed by atoms with van der Waals surface area (Å²) in [7, 11) is 2.22. The van der Waals surface area contributed by atoms with Gasteiger partial charge < -0.3 is 15.0 Å². The molecule has 1 saturated heterocycles. The van der Waals surface area contributed by atoms with E-state index in [9.17, 15) is 4.79 Å². The van der Waals surface area contributed by atoms with Gasteiger partial charge >= 0.3 is 0 Å². The number of nitrogens with one attached hydrogen (secondary N) is 1. The number of likely N-dealkylation sites (tertiary alicyclic amines) is 1. The zero-order chi connectivity index (χ0) is 28.4. The van der Waals surface area contributed by atoms with E-state index in [0.29, 0.717) is 40.8 Å². The maximum absolute atomic E-state index is 13.3. The van der Waals surface area contributed by atoms with E-state index in [1.807, 2.05) is 29.1 Å². The Hall–Kier alpha value is -3.99. The number of hydrogen-bond donors (Lipinski definition) is 1. The van der Waals surface area contributed by atoms with Gasteiger partial charge in [-0.05, 0) is 52.6 Å². The topological polar surface area (TPSA) is 108 Å². The number of allylic oxidation sites excluding steroid dienone is 1. The van der Waals surface area contributed by atoms with E-state index in [1.165, 1.54) is 0 Å². The highest BCUT2D eigenvalue weighted by Crippen LogP contribution is 2.29. The van der Waals surface area contributed by atoms with Crippen molar-refractivity contribution in [2.75, 3.05) is 12.4 Å². The molecule has 0 spiro atoms. The Balaban J connectivity index is 1.50. The average molecular weight is 546 g/mol. The predicted molar refractivity (Wildman–Crippen MR) is 157 cm³/mol. The lowest BCUT2D eigenvalue weighted by molar-refractivity contribution is 0.0239. The second-order valence-electron chi connectivity index (χ2n) is 10.7. The fraction of sp³-hybridized carbons (Fsp3) is 0.483. The van der Waals surface area contributed by atoms with Crippen molar-refractivity contribution in [3.8, 4) is 11.7 Å². The molecule has 0 aromatic carbocycles. The summed E-state index contributed by atoms with van der Waals surface area (Å²) in [5.74, 6) is 1.43. The van der Waals surface area contributed by atoms with Gasteiger partial charge in [-0.2, -0.15) is 15.1 Å². The van der Waals surface area contributed by atoms with Gasteiger partial charge in [-0.25, -0.2) is 14.3 Å². The summed E-state index contributed by atoms with van der Waals surface area (Å²) in [6.07, 6.45) is 11.0.